The molecule has 0 saturated carbocycles. The third kappa shape index (κ3) is 4.04. The number of benzene rings is 2. The molecule has 0 aliphatic heterocycles. The first-order valence-corrected chi connectivity index (χ1v) is 6.96. The molecule has 3 nitrogen and oxygen atoms in total. The molecule has 5 heteroatoms. The Hall–Kier alpha value is -1.40. The summed E-state index contributed by atoms with van der Waals surface area (Å²) in [6.07, 6.45) is 1.52. The van der Waals surface area contributed by atoms with Crippen LogP contribution in [0.2, 0.25) is 5.02 Å². The van der Waals surface area contributed by atoms with Crippen LogP contribution in [0.1, 0.15) is 15.9 Å². The minimum absolute atomic E-state index is 0.248. The van der Waals surface area contributed by atoms with Gasteiger partial charge in [0.05, 0.1) is 6.21 Å². The number of carbonyl (C=O) groups excluding carboxylic acids is 1. The lowest BCUT2D eigenvalue weighted by Gasteiger charge is -2.00. The van der Waals surface area contributed by atoms with E-state index in [4.69, 9.17) is 11.6 Å². The van der Waals surface area contributed by atoms with Gasteiger partial charge in [-0.25, -0.2) is 5.43 Å². The lowest BCUT2D eigenvalue weighted by Crippen LogP contribution is -2.17. The molecule has 0 aliphatic carbocycles. The number of amides is 1. The summed E-state index contributed by atoms with van der Waals surface area (Å²) in [5, 5.41) is 4.49. The maximum atomic E-state index is 11.8. The Morgan fingerprint density at radius 1 is 1.21 bits per heavy atom. The topological polar surface area (TPSA) is 41.5 Å². The van der Waals surface area contributed by atoms with Gasteiger partial charge in [-0.3, -0.25) is 4.79 Å². The highest BCUT2D eigenvalue weighted by atomic mass is 127. The summed E-state index contributed by atoms with van der Waals surface area (Å²) in [7, 11) is 0. The molecule has 2 aromatic carbocycles. The van der Waals surface area contributed by atoms with Gasteiger partial charge in [-0.1, -0.05) is 35.9 Å². The van der Waals surface area contributed by atoms with E-state index in [-0.39, 0.29) is 5.91 Å². The fourth-order valence-electron chi connectivity index (χ4n) is 1.43. The number of rotatable bonds is 3. The average molecular weight is 385 g/mol. The Kier molecular flexibility index (Phi) is 4.93. The predicted molar refractivity (Wildman–Crippen MR) is 85.7 cm³/mol. The number of hydrogen-bond donors (Lipinski definition) is 1. The van der Waals surface area contributed by atoms with Crippen LogP contribution in [0.3, 0.4) is 0 Å². The van der Waals surface area contributed by atoms with Crippen LogP contribution in [0.25, 0.3) is 0 Å². The average Bonchev–Trinajstić information content (AvgIpc) is 2.41. The molecule has 1 amide bonds. The van der Waals surface area contributed by atoms with Crippen molar-refractivity contribution in [3.8, 4) is 0 Å². The zero-order chi connectivity index (χ0) is 13.7. The van der Waals surface area contributed by atoms with E-state index in [0.717, 1.165) is 9.13 Å². The van der Waals surface area contributed by atoms with Crippen molar-refractivity contribution in [1.82, 2.24) is 5.43 Å². The van der Waals surface area contributed by atoms with Crippen LogP contribution in [0, 0.1) is 3.57 Å². The molecule has 0 spiro atoms. The van der Waals surface area contributed by atoms with E-state index >= 15 is 0 Å². The highest BCUT2D eigenvalue weighted by Crippen LogP contribution is 2.12. The lowest BCUT2D eigenvalue weighted by atomic mass is 10.2. The summed E-state index contributed by atoms with van der Waals surface area (Å²) in [6, 6.07) is 14.6. The Morgan fingerprint density at radius 3 is 2.74 bits per heavy atom. The highest BCUT2D eigenvalue weighted by Gasteiger charge is 2.03. The Balaban J connectivity index is 2.03. The van der Waals surface area contributed by atoms with Gasteiger partial charge in [0.25, 0.3) is 5.91 Å². The second-order valence-corrected chi connectivity index (χ2v) is 5.38. The van der Waals surface area contributed by atoms with Gasteiger partial charge in [0, 0.05) is 19.7 Å². The molecular weight excluding hydrogens is 375 g/mol. The van der Waals surface area contributed by atoms with Crippen molar-refractivity contribution in [3.05, 3.63) is 68.3 Å². The molecule has 2 aromatic rings. The van der Waals surface area contributed by atoms with Crippen molar-refractivity contribution in [1.29, 1.82) is 0 Å². The smallest absolute Gasteiger partial charge is 0.267 e. The SMILES string of the molecule is O=C(N/N=C/c1ccccc1Cl)c1cccc(I)c1. The van der Waals surface area contributed by atoms with Gasteiger partial charge in [-0.15, -0.1) is 0 Å². The molecule has 1 N–H and O–H groups in total. The molecule has 0 aliphatic rings. The molecule has 0 atom stereocenters. The van der Waals surface area contributed by atoms with Crippen LogP contribution in [0.4, 0.5) is 0 Å². The molecule has 2 rings (SSSR count). The normalized spacial score (nSPS) is 10.6. The standard InChI is InChI=1S/C14H10ClIN2O/c15-13-7-2-1-4-11(13)9-17-18-14(19)10-5-3-6-12(16)8-10/h1-9H,(H,18,19)/b17-9+. The first kappa shape index (κ1) is 14.0. The number of nitrogens with zero attached hydrogens (tertiary/aromatic N) is 1. The van der Waals surface area contributed by atoms with Crippen LogP contribution in [-0.2, 0) is 0 Å². The minimum Gasteiger partial charge on any atom is -0.267 e. The minimum atomic E-state index is -0.248. The van der Waals surface area contributed by atoms with E-state index in [0.29, 0.717) is 10.6 Å². The van der Waals surface area contributed by atoms with E-state index in [2.05, 4.69) is 33.1 Å². The second-order valence-electron chi connectivity index (χ2n) is 3.73. The monoisotopic (exact) mass is 384 g/mol. The third-order valence-electron chi connectivity index (χ3n) is 2.36. The zero-order valence-electron chi connectivity index (χ0n) is 9.81. The van der Waals surface area contributed by atoms with E-state index in [9.17, 15) is 4.79 Å². The molecule has 0 fully saturated rings. The maximum absolute atomic E-state index is 11.8. The van der Waals surface area contributed by atoms with Gasteiger partial charge < -0.3 is 0 Å². The Morgan fingerprint density at radius 2 is 2.00 bits per heavy atom. The number of nitrogens with one attached hydrogen (secondary N) is 1. The summed E-state index contributed by atoms with van der Waals surface area (Å²) >= 11 is 8.13. The quantitative estimate of drug-likeness (QED) is 0.489. The molecule has 19 heavy (non-hydrogen) atoms. The van der Waals surface area contributed by atoms with Gasteiger partial charge in [0.2, 0.25) is 0 Å². The lowest BCUT2D eigenvalue weighted by molar-refractivity contribution is 0.0955. The van der Waals surface area contributed by atoms with Crippen LogP contribution in [-0.4, -0.2) is 12.1 Å². The van der Waals surface area contributed by atoms with Crippen molar-refractivity contribution in [2.75, 3.05) is 0 Å². The fraction of sp³-hybridized carbons (Fsp3) is 0. The van der Waals surface area contributed by atoms with Gasteiger partial charge in [-0.05, 0) is 46.9 Å². The molecule has 0 aromatic heterocycles. The predicted octanol–water partition coefficient (Wildman–Crippen LogP) is 3.71. The van der Waals surface area contributed by atoms with Gasteiger partial charge in [0.15, 0.2) is 0 Å². The molecule has 0 saturated heterocycles. The Bertz CT molecular complexity index is 628. The molecule has 0 radical (unpaired) electrons. The summed E-state index contributed by atoms with van der Waals surface area (Å²) in [6.45, 7) is 0. The van der Waals surface area contributed by atoms with Crippen molar-refractivity contribution in [2.24, 2.45) is 5.10 Å². The van der Waals surface area contributed by atoms with Crippen molar-refractivity contribution < 1.29 is 4.79 Å². The Labute approximate surface area is 129 Å². The van der Waals surface area contributed by atoms with Crippen molar-refractivity contribution in [2.45, 2.75) is 0 Å². The molecule has 0 bridgehead atoms. The summed E-state index contributed by atoms with van der Waals surface area (Å²) in [5.74, 6) is -0.248. The van der Waals surface area contributed by atoms with E-state index < -0.39 is 0 Å². The maximum Gasteiger partial charge on any atom is 0.271 e. The molecule has 96 valence electrons. The highest BCUT2D eigenvalue weighted by molar-refractivity contribution is 14.1. The first-order chi connectivity index (χ1) is 9.16. The third-order valence-corrected chi connectivity index (χ3v) is 3.38. The number of hydrogen-bond acceptors (Lipinski definition) is 2. The van der Waals surface area contributed by atoms with Gasteiger partial charge in [-0.2, -0.15) is 5.10 Å². The van der Waals surface area contributed by atoms with E-state index in [1.165, 1.54) is 6.21 Å². The number of halogens is 2. The summed E-state index contributed by atoms with van der Waals surface area (Å²) in [5.41, 5.74) is 3.80. The largest absolute Gasteiger partial charge is 0.271 e. The first-order valence-electron chi connectivity index (χ1n) is 5.50. The summed E-state index contributed by atoms with van der Waals surface area (Å²) in [4.78, 5) is 11.8. The van der Waals surface area contributed by atoms with Crippen molar-refractivity contribution in [3.63, 3.8) is 0 Å². The van der Waals surface area contributed by atoms with Crippen LogP contribution in [0.5, 0.6) is 0 Å². The van der Waals surface area contributed by atoms with Crippen LogP contribution >= 0.6 is 34.2 Å². The van der Waals surface area contributed by atoms with Crippen LogP contribution < -0.4 is 5.43 Å². The van der Waals surface area contributed by atoms with Gasteiger partial charge in [0.1, 0.15) is 0 Å². The van der Waals surface area contributed by atoms with E-state index in [1.807, 2.05) is 30.3 Å². The molecule has 0 heterocycles. The molecule has 0 unspecified atom stereocenters. The number of hydrazone groups is 1. The summed E-state index contributed by atoms with van der Waals surface area (Å²) < 4.78 is 1.00. The fourth-order valence-corrected chi connectivity index (χ4v) is 2.16. The second kappa shape index (κ2) is 6.68. The van der Waals surface area contributed by atoms with Crippen LogP contribution in [0.15, 0.2) is 53.6 Å². The van der Waals surface area contributed by atoms with E-state index in [1.54, 1.807) is 18.2 Å². The van der Waals surface area contributed by atoms with Crippen molar-refractivity contribution >= 4 is 46.3 Å². The molecular formula is C14H10ClIN2O. The zero-order valence-corrected chi connectivity index (χ0v) is 12.7. The van der Waals surface area contributed by atoms with Gasteiger partial charge >= 0.3 is 0 Å². The number of carbonyl (C=O) groups is 1.